The lowest BCUT2D eigenvalue weighted by atomic mass is 10.2. The fourth-order valence-electron chi connectivity index (χ4n) is 2.43. The van der Waals surface area contributed by atoms with Crippen LogP contribution in [0.2, 0.25) is 0 Å². The molecule has 114 valence electrons. The van der Waals surface area contributed by atoms with E-state index in [9.17, 15) is 13.2 Å². The first-order valence-corrected chi connectivity index (χ1v) is 6.96. The molecule has 0 N–H and O–H groups in total. The molecular weight excluding hydrogens is 291 g/mol. The van der Waals surface area contributed by atoms with Gasteiger partial charge in [0.1, 0.15) is 5.82 Å². The Balaban J connectivity index is 2.15. The maximum Gasteiger partial charge on any atom is 0.163 e. The summed E-state index contributed by atoms with van der Waals surface area (Å²) in [4.78, 5) is 4.20. The van der Waals surface area contributed by atoms with Gasteiger partial charge in [-0.1, -0.05) is 19.1 Å². The zero-order valence-corrected chi connectivity index (χ0v) is 12.2. The Hall–Kier alpha value is -2.37. The van der Waals surface area contributed by atoms with Crippen LogP contribution >= 0.6 is 0 Å². The maximum absolute atomic E-state index is 13.8. The van der Waals surface area contributed by atoms with E-state index in [-0.39, 0.29) is 17.8 Å². The van der Waals surface area contributed by atoms with Gasteiger partial charge in [0, 0.05) is 10.9 Å². The smallest absolute Gasteiger partial charge is 0.163 e. The van der Waals surface area contributed by atoms with E-state index >= 15 is 0 Å². The van der Waals surface area contributed by atoms with Gasteiger partial charge >= 0.3 is 0 Å². The number of halogens is 3. The van der Waals surface area contributed by atoms with Crippen LogP contribution in [0.4, 0.5) is 13.2 Å². The van der Waals surface area contributed by atoms with Crippen LogP contribution in [0.25, 0.3) is 11.0 Å². The van der Waals surface area contributed by atoms with Crippen LogP contribution < -0.4 is 0 Å². The lowest BCUT2D eigenvalue weighted by Gasteiger charge is -2.06. The molecule has 2 heterocycles. The summed E-state index contributed by atoms with van der Waals surface area (Å²) in [7, 11) is 0. The predicted molar refractivity (Wildman–Crippen MR) is 77.1 cm³/mol. The quantitative estimate of drug-likeness (QED) is 0.737. The first kappa shape index (κ1) is 14.6. The molecule has 2 aromatic heterocycles. The third-order valence-corrected chi connectivity index (χ3v) is 3.61. The van der Waals surface area contributed by atoms with Crippen LogP contribution in [-0.4, -0.2) is 14.8 Å². The average molecular weight is 305 g/mol. The topological polar surface area (TPSA) is 30.7 Å². The summed E-state index contributed by atoms with van der Waals surface area (Å²) in [6, 6.07) is 5.39. The third-order valence-electron chi connectivity index (χ3n) is 3.61. The summed E-state index contributed by atoms with van der Waals surface area (Å²) < 4.78 is 42.3. The Morgan fingerprint density at radius 1 is 1.14 bits per heavy atom. The minimum absolute atomic E-state index is 0.0398. The van der Waals surface area contributed by atoms with Gasteiger partial charge in [0.15, 0.2) is 17.3 Å². The maximum atomic E-state index is 13.8. The van der Waals surface area contributed by atoms with E-state index in [1.807, 2.05) is 6.92 Å². The molecule has 0 radical (unpaired) electrons. The molecule has 0 saturated carbocycles. The second-order valence-corrected chi connectivity index (χ2v) is 5.10. The third kappa shape index (κ3) is 2.34. The molecule has 3 rings (SSSR count). The molecule has 0 aliphatic rings. The van der Waals surface area contributed by atoms with Gasteiger partial charge in [-0.25, -0.2) is 22.8 Å². The van der Waals surface area contributed by atoms with Gasteiger partial charge in [-0.15, -0.1) is 0 Å². The van der Waals surface area contributed by atoms with Crippen LogP contribution in [0, 0.1) is 24.4 Å². The zero-order chi connectivity index (χ0) is 15.9. The number of nitrogens with zero attached hydrogens (tertiary/aromatic N) is 3. The molecule has 3 nitrogen and oxygen atoms in total. The summed E-state index contributed by atoms with van der Waals surface area (Å²) in [6.45, 7) is 3.49. The highest BCUT2D eigenvalue weighted by molar-refractivity contribution is 5.78. The molecule has 0 unspecified atom stereocenters. The number of hydrogen-bond donors (Lipinski definition) is 0. The molecule has 0 spiro atoms. The first-order chi connectivity index (χ1) is 10.5. The molecular formula is C16H14F3N3. The second kappa shape index (κ2) is 5.44. The van der Waals surface area contributed by atoms with Crippen LogP contribution in [-0.2, 0) is 13.0 Å². The molecule has 6 heteroatoms. The Bertz CT molecular complexity index is 855. The molecule has 0 aliphatic heterocycles. The summed E-state index contributed by atoms with van der Waals surface area (Å²) in [6.07, 6.45) is 0.597. The number of rotatable bonds is 3. The fourth-order valence-corrected chi connectivity index (χ4v) is 2.43. The Morgan fingerprint density at radius 3 is 2.64 bits per heavy atom. The van der Waals surface area contributed by atoms with E-state index in [0.717, 1.165) is 6.07 Å². The van der Waals surface area contributed by atoms with Crippen molar-refractivity contribution in [3.05, 3.63) is 58.7 Å². The van der Waals surface area contributed by atoms with Crippen molar-refractivity contribution in [1.29, 1.82) is 0 Å². The summed E-state index contributed by atoms with van der Waals surface area (Å²) in [5.74, 6) is -2.21. The molecule has 22 heavy (non-hydrogen) atoms. The number of hydrogen-bond acceptors (Lipinski definition) is 2. The van der Waals surface area contributed by atoms with Gasteiger partial charge in [0.2, 0.25) is 0 Å². The number of pyridine rings is 1. The van der Waals surface area contributed by atoms with Crippen molar-refractivity contribution in [1.82, 2.24) is 14.8 Å². The second-order valence-electron chi connectivity index (χ2n) is 5.10. The largest absolute Gasteiger partial charge is 0.242 e. The number of benzene rings is 1. The summed E-state index contributed by atoms with van der Waals surface area (Å²) in [5, 5.41) is 4.95. The minimum Gasteiger partial charge on any atom is -0.242 e. The highest BCUT2D eigenvalue weighted by Gasteiger charge is 2.16. The van der Waals surface area contributed by atoms with Crippen LogP contribution in [0.5, 0.6) is 0 Å². The lowest BCUT2D eigenvalue weighted by molar-refractivity contribution is 0.492. The highest BCUT2D eigenvalue weighted by Crippen LogP contribution is 2.22. The predicted octanol–water partition coefficient (Wildman–Crippen LogP) is 3.77. The molecule has 0 aliphatic carbocycles. The van der Waals surface area contributed by atoms with Gasteiger partial charge in [0.25, 0.3) is 0 Å². The van der Waals surface area contributed by atoms with E-state index in [0.29, 0.717) is 23.1 Å². The van der Waals surface area contributed by atoms with E-state index in [1.165, 1.54) is 22.9 Å². The Labute approximate surface area is 125 Å². The summed E-state index contributed by atoms with van der Waals surface area (Å²) in [5.41, 5.74) is 1.57. The average Bonchev–Trinajstić information content (AvgIpc) is 2.82. The van der Waals surface area contributed by atoms with Crippen LogP contribution in [0.15, 0.2) is 24.3 Å². The van der Waals surface area contributed by atoms with Crippen molar-refractivity contribution in [2.24, 2.45) is 0 Å². The standard InChI is InChI=1S/C16H14F3N3/c1-3-14-11-7-13(18)9(2)20-16(11)22(21-14)8-10-5-4-6-12(17)15(10)19/h4-7H,3,8H2,1-2H3. The molecule has 0 amide bonds. The van der Waals surface area contributed by atoms with Gasteiger partial charge in [0.05, 0.1) is 17.9 Å². The van der Waals surface area contributed by atoms with E-state index < -0.39 is 17.5 Å². The van der Waals surface area contributed by atoms with Crippen molar-refractivity contribution >= 4 is 11.0 Å². The van der Waals surface area contributed by atoms with Crippen molar-refractivity contribution < 1.29 is 13.2 Å². The number of fused-ring (bicyclic) bond motifs is 1. The van der Waals surface area contributed by atoms with Crippen molar-refractivity contribution in [3.8, 4) is 0 Å². The fraction of sp³-hybridized carbons (Fsp3) is 0.250. The van der Waals surface area contributed by atoms with Crippen LogP contribution in [0.3, 0.4) is 0 Å². The SMILES string of the molecule is CCc1nn(Cc2cccc(F)c2F)c2nc(C)c(F)cc12. The molecule has 0 fully saturated rings. The van der Waals surface area contributed by atoms with Gasteiger partial charge < -0.3 is 0 Å². The minimum atomic E-state index is -0.903. The van der Waals surface area contributed by atoms with Crippen molar-refractivity contribution in [2.75, 3.05) is 0 Å². The Morgan fingerprint density at radius 2 is 1.91 bits per heavy atom. The van der Waals surface area contributed by atoms with Crippen molar-refractivity contribution in [3.63, 3.8) is 0 Å². The van der Waals surface area contributed by atoms with E-state index in [1.54, 1.807) is 6.92 Å². The molecule has 1 aromatic carbocycles. The molecule has 0 saturated heterocycles. The molecule has 0 bridgehead atoms. The lowest BCUT2D eigenvalue weighted by Crippen LogP contribution is -2.06. The monoisotopic (exact) mass is 305 g/mol. The van der Waals surface area contributed by atoms with E-state index in [2.05, 4.69) is 10.1 Å². The number of aryl methyl sites for hydroxylation is 2. The first-order valence-electron chi connectivity index (χ1n) is 6.96. The zero-order valence-electron chi connectivity index (χ0n) is 12.2. The Kier molecular flexibility index (Phi) is 3.60. The van der Waals surface area contributed by atoms with E-state index in [4.69, 9.17) is 0 Å². The van der Waals surface area contributed by atoms with Gasteiger partial charge in [-0.3, -0.25) is 0 Å². The summed E-state index contributed by atoms with van der Waals surface area (Å²) >= 11 is 0. The van der Waals surface area contributed by atoms with Crippen LogP contribution in [0.1, 0.15) is 23.9 Å². The van der Waals surface area contributed by atoms with Gasteiger partial charge in [-0.2, -0.15) is 5.10 Å². The van der Waals surface area contributed by atoms with Gasteiger partial charge in [-0.05, 0) is 25.5 Å². The highest BCUT2D eigenvalue weighted by atomic mass is 19.2. The van der Waals surface area contributed by atoms with Crippen molar-refractivity contribution in [2.45, 2.75) is 26.8 Å². The molecule has 0 atom stereocenters. The molecule has 3 aromatic rings. The normalized spacial score (nSPS) is 11.3. The number of aromatic nitrogens is 3.